The smallest absolute Gasteiger partial charge is 0.286 e. The second-order valence-electron chi connectivity index (χ2n) is 4.90. The van der Waals surface area contributed by atoms with Gasteiger partial charge in [-0.25, -0.2) is 8.78 Å². The van der Waals surface area contributed by atoms with Crippen molar-refractivity contribution < 1.29 is 23.4 Å². The standard InChI is InChI=1S/C10H19F2NO3/c1-9(2,3)16-8(14)13-7-4-5-15-6-10(7,11)12/h7-8,13-14H,4-6H2,1-3H3. The minimum absolute atomic E-state index is 0.150. The first-order valence-electron chi connectivity index (χ1n) is 5.28. The highest BCUT2D eigenvalue weighted by molar-refractivity contribution is 4.86. The lowest BCUT2D eigenvalue weighted by atomic mass is 10.1. The Kier molecular flexibility index (Phi) is 4.23. The number of aliphatic hydroxyl groups is 1. The van der Waals surface area contributed by atoms with Gasteiger partial charge in [-0.3, -0.25) is 5.32 Å². The predicted octanol–water partition coefficient (Wildman–Crippen LogP) is 1.09. The number of alkyl halides is 2. The third-order valence-corrected chi connectivity index (χ3v) is 2.16. The highest BCUT2D eigenvalue weighted by atomic mass is 19.3. The van der Waals surface area contributed by atoms with Gasteiger partial charge in [0.05, 0.1) is 11.6 Å². The summed E-state index contributed by atoms with van der Waals surface area (Å²) in [5.74, 6) is -2.97. The van der Waals surface area contributed by atoms with Gasteiger partial charge in [-0.05, 0) is 27.2 Å². The molecule has 1 aliphatic rings. The van der Waals surface area contributed by atoms with Gasteiger partial charge in [0, 0.05) is 6.61 Å². The van der Waals surface area contributed by atoms with Crippen molar-refractivity contribution in [2.75, 3.05) is 13.2 Å². The van der Waals surface area contributed by atoms with E-state index in [4.69, 9.17) is 4.74 Å². The van der Waals surface area contributed by atoms with Crippen molar-refractivity contribution in [1.82, 2.24) is 5.32 Å². The molecule has 1 heterocycles. The van der Waals surface area contributed by atoms with Gasteiger partial charge < -0.3 is 14.6 Å². The van der Waals surface area contributed by atoms with Crippen molar-refractivity contribution in [2.45, 2.75) is 51.2 Å². The Balaban J connectivity index is 2.46. The lowest BCUT2D eigenvalue weighted by Gasteiger charge is -2.34. The number of aliphatic hydroxyl groups excluding tert-OH is 1. The molecule has 0 spiro atoms. The zero-order valence-corrected chi connectivity index (χ0v) is 9.80. The Labute approximate surface area is 93.9 Å². The van der Waals surface area contributed by atoms with Gasteiger partial charge in [0.1, 0.15) is 6.61 Å². The first kappa shape index (κ1) is 13.8. The summed E-state index contributed by atoms with van der Waals surface area (Å²) in [6, 6.07) is -1.11. The summed E-state index contributed by atoms with van der Waals surface area (Å²) in [4.78, 5) is 0. The summed E-state index contributed by atoms with van der Waals surface area (Å²) in [6.45, 7) is 4.85. The molecule has 0 saturated carbocycles. The van der Waals surface area contributed by atoms with E-state index in [9.17, 15) is 13.9 Å². The maximum absolute atomic E-state index is 13.3. The summed E-state index contributed by atoms with van der Waals surface area (Å²) in [5.41, 5.74) is -0.590. The number of hydrogen-bond donors (Lipinski definition) is 2. The number of hydrogen-bond acceptors (Lipinski definition) is 4. The van der Waals surface area contributed by atoms with Crippen molar-refractivity contribution in [3.63, 3.8) is 0 Å². The fraction of sp³-hybridized carbons (Fsp3) is 1.00. The molecule has 0 bridgehead atoms. The van der Waals surface area contributed by atoms with Crippen molar-refractivity contribution in [3.8, 4) is 0 Å². The number of halogens is 2. The molecule has 2 unspecified atom stereocenters. The average Bonchev–Trinajstić information content (AvgIpc) is 2.05. The molecule has 1 fully saturated rings. The molecule has 1 aliphatic heterocycles. The Hall–Kier alpha value is -0.300. The van der Waals surface area contributed by atoms with Crippen LogP contribution in [0.4, 0.5) is 8.78 Å². The summed E-state index contributed by atoms with van der Waals surface area (Å²) < 4.78 is 36.4. The van der Waals surface area contributed by atoms with E-state index in [-0.39, 0.29) is 13.0 Å². The van der Waals surface area contributed by atoms with Crippen LogP contribution in [0, 0.1) is 0 Å². The molecule has 1 saturated heterocycles. The Morgan fingerprint density at radius 2 is 2.12 bits per heavy atom. The van der Waals surface area contributed by atoms with Gasteiger partial charge in [0.2, 0.25) is 6.41 Å². The Bertz CT molecular complexity index is 231. The van der Waals surface area contributed by atoms with E-state index in [1.54, 1.807) is 20.8 Å². The molecule has 4 nitrogen and oxygen atoms in total. The van der Waals surface area contributed by atoms with Crippen LogP contribution >= 0.6 is 0 Å². The maximum atomic E-state index is 13.3. The summed E-state index contributed by atoms with van der Waals surface area (Å²) in [7, 11) is 0. The molecule has 0 aromatic carbocycles. The van der Waals surface area contributed by atoms with Crippen molar-refractivity contribution in [2.24, 2.45) is 0 Å². The van der Waals surface area contributed by atoms with Crippen LogP contribution in [0.15, 0.2) is 0 Å². The average molecular weight is 239 g/mol. The normalized spacial score (nSPS) is 27.8. The summed E-state index contributed by atoms with van der Waals surface area (Å²) in [6.07, 6.45) is -1.24. The second-order valence-corrected chi connectivity index (χ2v) is 4.90. The van der Waals surface area contributed by atoms with E-state index in [1.807, 2.05) is 0 Å². The molecular weight excluding hydrogens is 220 g/mol. The zero-order chi connectivity index (χ0) is 12.4. The van der Waals surface area contributed by atoms with E-state index >= 15 is 0 Å². The molecule has 0 radical (unpaired) electrons. The highest BCUT2D eigenvalue weighted by Crippen LogP contribution is 2.26. The molecule has 2 N–H and O–H groups in total. The van der Waals surface area contributed by atoms with Gasteiger partial charge >= 0.3 is 0 Å². The van der Waals surface area contributed by atoms with Crippen LogP contribution < -0.4 is 5.32 Å². The molecule has 0 aromatic rings. The lowest BCUT2D eigenvalue weighted by Crippen LogP contribution is -2.56. The molecule has 0 amide bonds. The molecule has 0 aromatic heterocycles. The zero-order valence-electron chi connectivity index (χ0n) is 9.80. The SMILES string of the molecule is CC(C)(C)OC(O)NC1CCOCC1(F)F. The monoisotopic (exact) mass is 239 g/mol. The van der Waals surface area contributed by atoms with Crippen LogP contribution in [0.2, 0.25) is 0 Å². The molecular formula is C10H19F2NO3. The molecule has 1 rings (SSSR count). The van der Waals surface area contributed by atoms with Crippen molar-refractivity contribution >= 4 is 0 Å². The maximum Gasteiger partial charge on any atom is 0.286 e. The van der Waals surface area contributed by atoms with E-state index in [1.165, 1.54) is 0 Å². The van der Waals surface area contributed by atoms with E-state index in [0.29, 0.717) is 0 Å². The molecule has 2 atom stereocenters. The first-order valence-corrected chi connectivity index (χ1v) is 5.28. The Morgan fingerprint density at radius 1 is 1.50 bits per heavy atom. The number of ether oxygens (including phenoxy) is 2. The van der Waals surface area contributed by atoms with Gasteiger partial charge in [0.15, 0.2) is 0 Å². The van der Waals surface area contributed by atoms with Crippen LogP contribution in [0.1, 0.15) is 27.2 Å². The summed E-state index contributed by atoms with van der Waals surface area (Å²) >= 11 is 0. The topological polar surface area (TPSA) is 50.7 Å². The number of rotatable bonds is 3. The van der Waals surface area contributed by atoms with Gasteiger partial charge in [-0.1, -0.05) is 0 Å². The molecule has 16 heavy (non-hydrogen) atoms. The predicted molar refractivity (Wildman–Crippen MR) is 54.2 cm³/mol. The van der Waals surface area contributed by atoms with Gasteiger partial charge in [0.25, 0.3) is 5.92 Å². The highest BCUT2D eigenvalue weighted by Gasteiger charge is 2.43. The first-order chi connectivity index (χ1) is 7.21. The van der Waals surface area contributed by atoms with Gasteiger partial charge in [-0.2, -0.15) is 0 Å². The van der Waals surface area contributed by atoms with Crippen LogP contribution in [0.25, 0.3) is 0 Å². The molecule has 6 heteroatoms. The number of nitrogens with one attached hydrogen (secondary N) is 1. The minimum atomic E-state index is -2.97. The fourth-order valence-corrected chi connectivity index (χ4v) is 1.47. The lowest BCUT2D eigenvalue weighted by molar-refractivity contribution is -0.211. The third-order valence-electron chi connectivity index (χ3n) is 2.16. The van der Waals surface area contributed by atoms with Crippen LogP contribution in [0.5, 0.6) is 0 Å². The minimum Gasteiger partial charge on any atom is -0.375 e. The third kappa shape index (κ3) is 4.29. The van der Waals surface area contributed by atoms with Crippen molar-refractivity contribution in [1.29, 1.82) is 0 Å². The summed E-state index contributed by atoms with van der Waals surface area (Å²) in [5, 5.41) is 11.8. The van der Waals surface area contributed by atoms with Crippen LogP contribution in [0.3, 0.4) is 0 Å². The largest absolute Gasteiger partial charge is 0.375 e. The molecule has 96 valence electrons. The Morgan fingerprint density at radius 3 is 2.62 bits per heavy atom. The van der Waals surface area contributed by atoms with E-state index in [2.05, 4.69) is 10.1 Å². The fourth-order valence-electron chi connectivity index (χ4n) is 1.47. The second kappa shape index (κ2) is 4.91. The van der Waals surface area contributed by atoms with Crippen molar-refractivity contribution in [3.05, 3.63) is 0 Å². The molecule has 0 aliphatic carbocycles. The quantitative estimate of drug-likeness (QED) is 0.724. The van der Waals surface area contributed by atoms with Gasteiger partial charge in [-0.15, -0.1) is 0 Å². The van der Waals surface area contributed by atoms with Crippen LogP contribution in [-0.4, -0.2) is 42.3 Å². The van der Waals surface area contributed by atoms with Crippen LogP contribution in [-0.2, 0) is 9.47 Å². The van der Waals surface area contributed by atoms with E-state index in [0.717, 1.165) is 0 Å². The van der Waals surface area contributed by atoms with E-state index < -0.39 is 30.6 Å².